The maximum absolute atomic E-state index is 12.9. The quantitative estimate of drug-likeness (QED) is 0.448. The molecule has 2 heterocycles. The lowest BCUT2D eigenvalue weighted by Crippen LogP contribution is -2.21. The van der Waals surface area contributed by atoms with E-state index in [1.54, 1.807) is 33.5 Å². The van der Waals surface area contributed by atoms with E-state index in [1.807, 2.05) is 37.3 Å². The van der Waals surface area contributed by atoms with Gasteiger partial charge in [-0.3, -0.25) is 13.8 Å². The average Bonchev–Trinajstić information content (AvgIpc) is 3.08. The SMILES string of the molecule is Cc1ccc(Cl)cc1-n1ccn2c(SCc3ccc(Cl)cc3)nnc2c1=O. The molecule has 0 amide bonds. The van der Waals surface area contributed by atoms with E-state index in [2.05, 4.69) is 10.2 Å². The van der Waals surface area contributed by atoms with Crippen molar-refractivity contribution in [1.29, 1.82) is 0 Å². The third-order valence-electron chi connectivity index (χ3n) is 4.15. The minimum Gasteiger partial charge on any atom is -0.279 e. The Morgan fingerprint density at radius 2 is 1.74 bits per heavy atom. The Morgan fingerprint density at radius 1 is 1.00 bits per heavy atom. The van der Waals surface area contributed by atoms with E-state index < -0.39 is 0 Å². The summed E-state index contributed by atoms with van der Waals surface area (Å²) in [7, 11) is 0. The first-order valence-corrected chi connectivity index (χ1v) is 9.87. The molecule has 5 nitrogen and oxygen atoms in total. The Hall–Kier alpha value is -2.28. The second-order valence-electron chi connectivity index (χ2n) is 6.00. The molecular formula is C19H14Cl2N4OS. The molecule has 4 aromatic rings. The summed E-state index contributed by atoms with van der Waals surface area (Å²) in [4.78, 5) is 12.9. The summed E-state index contributed by atoms with van der Waals surface area (Å²) in [6, 6.07) is 13.1. The highest BCUT2D eigenvalue weighted by Gasteiger charge is 2.13. The highest BCUT2D eigenvalue weighted by molar-refractivity contribution is 7.98. The van der Waals surface area contributed by atoms with Gasteiger partial charge in [-0.2, -0.15) is 0 Å². The molecule has 0 aliphatic rings. The fourth-order valence-electron chi connectivity index (χ4n) is 2.72. The summed E-state index contributed by atoms with van der Waals surface area (Å²) in [5.74, 6) is 0.703. The molecule has 4 rings (SSSR count). The van der Waals surface area contributed by atoms with Gasteiger partial charge in [0.05, 0.1) is 5.69 Å². The van der Waals surface area contributed by atoms with Crippen molar-refractivity contribution in [3.8, 4) is 5.69 Å². The molecule has 2 aromatic carbocycles. The van der Waals surface area contributed by atoms with Crippen molar-refractivity contribution in [2.24, 2.45) is 0 Å². The van der Waals surface area contributed by atoms with Gasteiger partial charge >= 0.3 is 5.56 Å². The molecule has 0 spiro atoms. The molecule has 0 saturated carbocycles. The second kappa shape index (κ2) is 7.38. The summed E-state index contributed by atoms with van der Waals surface area (Å²) < 4.78 is 3.25. The smallest absolute Gasteiger partial charge is 0.279 e. The van der Waals surface area contributed by atoms with Crippen molar-refractivity contribution in [3.63, 3.8) is 0 Å². The number of thioether (sulfide) groups is 1. The highest BCUT2D eigenvalue weighted by Crippen LogP contribution is 2.23. The first-order chi connectivity index (χ1) is 13.0. The fraction of sp³-hybridized carbons (Fsp3) is 0.105. The molecule has 0 bridgehead atoms. The van der Waals surface area contributed by atoms with Crippen molar-refractivity contribution in [3.05, 3.63) is 86.4 Å². The van der Waals surface area contributed by atoms with Crippen LogP contribution in [0.25, 0.3) is 11.3 Å². The molecule has 0 radical (unpaired) electrons. The van der Waals surface area contributed by atoms with Gasteiger partial charge in [-0.15, -0.1) is 10.2 Å². The number of benzene rings is 2. The molecule has 0 aliphatic heterocycles. The van der Waals surface area contributed by atoms with Gasteiger partial charge in [0.15, 0.2) is 5.16 Å². The second-order valence-corrected chi connectivity index (χ2v) is 7.81. The molecule has 2 aromatic heterocycles. The molecule has 136 valence electrons. The predicted molar refractivity (Wildman–Crippen MR) is 109 cm³/mol. The highest BCUT2D eigenvalue weighted by atomic mass is 35.5. The number of aromatic nitrogens is 4. The van der Waals surface area contributed by atoms with Crippen LogP contribution in [0.2, 0.25) is 10.0 Å². The van der Waals surface area contributed by atoms with Crippen LogP contribution < -0.4 is 5.56 Å². The summed E-state index contributed by atoms with van der Waals surface area (Å²) in [6.45, 7) is 1.93. The molecule has 0 aliphatic carbocycles. The van der Waals surface area contributed by atoms with Crippen molar-refractivity contribution in [1.82, 2.24) is 19.2 Å². The number of nitrogens with zero attached hydrogens (tertiary/aromatic N) is 4. The maximum atomic E-state index is 12.9. The average molecular weight is 417 g/mol. The number of fused-ring (bicyclic) bond motifs is 1. The lowest BCUT2D eigenvalue weighted by molar-refractivity contribution is 0.890. The number of hydrogen-bond acceptors (Lipinski definition) is 4. The standard InChI is InChI=1S/C19H14Cl2N4OS/c1-12-2-5-15(21)10-16(12)24-8-9-25-17(18(24)26)22-23-19(25)27-11-13-3-6-14(20)7-4-13/h2-10H,11H2,1H3. The van der Waals surface area contributed by atoms with Gasteiger partial charge in [0.1, 0.15) is 0 Å². The van der Waals surface area contributed by atoms with Gasteiger partial charge in [-0.25, -0.2) is 0 Å². The molecule has 0 atom stereocenters. The molecule has 0 saturated heterocycles. The van der Waals surface area contributed by atoms with Crippen LogP contribution in [0.15, 0.2) is 64.8 Å². The lowest BCUT2D eigenvalue weighted by Gasteiger charge is -2.10. The summed E-state index contributed by atoms with van der Waals surface area (Å²) in [5, 5.41) is 10.2. The molecule has 0 fully saturated rings. The minimum absolute atomic E-state index is 0.242. The van der Waals surface area contributed by atoms with Crippen molar-refractivity contribution in [2.45, 2.75) is 17.8 Å². The first-order valence-electron chi connectivity index (χ1n) is 8.13. The first kappa shape index (κ1) is 18.1. The molecule has 27 heavy (non-hydrogen) atoms. The van der Waals surface area contributed by atoms with Crippen LogP contribution in [-0.2, 0) is 5.75 Å². The topological polar surface area (TPSA) is 52.2 Å². The number of hydrogen-bond donors (Lipinski definition) is 0. The third-order valence-corrected chi connectivity index (χ3v) is 5.65. The van der Waals surface area contributed by atoms with Crippen LogP contribution in [0.1, 0.15) is 11.1 Å². The normalized spacial score (nSPS) is 11.2. The molecule has 0 unspecified atom stereocenters. The van der Waals surface area contributed by atoms with E-state index in [0.29, 0.717) is 21.0 Å². The van der Waals surface area contributed by atoms with Gasteiger partial charge < -0.3 is 0 Å². The van der Waals surface area contributed by atoms with Crippen LogP contribution in [-0.4, -0.2) is 19.2 Å². The maximum Gasteiger partial charge on any atom is 0.300 e. The van der Waals surface area contributed by atoms with Gasteiger partial charge in [0.2, 0.25) is 5.65 Å². The number of aryl methyl sites for hydroxylation is 1. The van der Waals surface area contributed by atoms with Gasteiger partial charge in [0.25, 0.3) is 0 Å². The Kier molecular flexibility index (Phi) is 4.95. The Bertz CT molecular complexity index is 1180. The van der Waals surface area contributed by atoms with Gasteiger partial charge in [0, 0.05) is 28.2 Å². The van der Waals surface area contributed by atoms with E-state index in [0.717, 1.165) is 16.8 Å². The van der Waals surface area contributed by atoms with E-state index in [-0.39, 0.29) is 11.2 Å². The van der Waals surface area contributed by atoms with E-state index in [9.17, 15) is 4.79 Å². The monoisotopic (exact) mass is 416 g/mol. The molecule has 8 heteroatoms. The number of halogens is 2. The largest absolute Gasteiger partial charge is 0.300 e. The van der Waals surface area contributed by atoms with Gasteiger partial charge in [-0.1, -0.05) is 53.2 Å². The zero-order valence-corrected chi connectivity index (χ0v) is 16.6. The van der Waals surface area contributed by atoms with Crippen LogP contribution in [0, 0.1) is 6.92 Å². The van der Waals surface area contributed by atoms with Crippen molar-refractivity contribution in [2.75, 3.05) is 0 Å². The Balaban J connectivity index is 1.68. The summed E-state index contributed by atoms with van der Waals surface area (Å²) in [5.41, 5.74) is 2.82. The zero-order chi connectivity index (χ0) is 19.0. The van der Waals surface area contributed by atoms with E-state index in [1.165, 1.54) is 11.8 Å². The minimum atomic E-state index is -0.242. The molecule has 0 N–H and O–H groups in total. The van der Waals surface area contributed by atoms with Crippen LogP contribution in [0.3, 0.4) is 0 Å². The Morgan fingerprint density at radius 3 is 2.52 bits per heavy atom. The third kappa shape index (κ3) is 3.60. The molecular weight excluding hydrogens is 403 g/mol. The van der Waals surface area contributed by atoms with E-state index >= 15 is 0 Å². The zero-order valence-electron chi connectivity index (χ0n) is 14.3. The van der Waals surface area contributed by atoms with Crippen molar-refractivity contribution < 1.29 is 0 Å². The lowest BCUT2D eigenvalue weighted by atomic mass is 10.2. The fourth-order valence-corrected chi connectivity index (χ4v) is 3.89. The summed E-state index contributed by atoms with van der Waals surface area (Å²) >= 11 is 13.5. The van der Waals surface area contributed by atoms with Crippen LogP contribution in [0.5, 0.6) is 0 Å². The summed E-state index contributed by atoms with van der Waals surface area (Å²) in [6.07, 6.45) is 3.50. The predicted octanol–water partition coefficient (Wildman–Crippen LogP) is 4.79. The Labute approximate surface area is 169 Å². The van der Waals surface area contributed by atoms with Crippen LogP contribution >= 0.6 is 35.0 Å². The van der Waals surface area contributed by atoms with E-state index in [4.69, 9.17) is 23.2 Å². The van der Waals surface area contributed by atoms with Crippen LogP contribution in [0.4, 0.5) is 0 Å². The van der Waals surface area contributed by atoms with Crippen molar-refractivity contribution >= 4 is 40.6 Å². The van der Waals surface area contributed by atoms with Gasteiger partial charge in [-0.05, 0) is 42.3 Å². The number of rotatable bonds is 4.